The monoisotopic (exact) mass is 482 g/mol. The fourth-order valence-corrected chi connectivity index (χ4v) is 4.84. The van der Waals surface area contributed by atoms with E-state index in [0.717, 1.165) is 50.0 Å². The zero-order valence-corrected chi connectivity index (χ0v) is 21.1. The average molecular weight is 483 g/mol. The number of nitrogens with one attached hydrogen (secondary N) is 1. The van der Waals surface area contributed by atoms with E-state index in [0.29, 0.717) is 23.5 Å². The zero-order valence-electron chi connectivity index (χ0n) is 21.1. The minimum absolute atomic E-state index is 0.0880. The maximum absolute atomic E-state index is 13.6. The second-order valence-corrected chi connectivity index (χ2v) is 9.38. The molecule has 1 aliphatic rings. The van der Waals surface area contributed by atoms with Crippen LogP contribution in [0.25, 0.3) is 0 Å². The highest BCUT2D eigenvalue weighted by Gasteiger charge is 2.28. The van der Waals surface area contributed by atoms with Gasteiger partial charge in [0, 0.05) is 32.2 Å². The summed E-state index contributed by atoms with van der Waals surface area (Å²) in [6.45, 7) is 5.29. The van der Waals surface area contributed by atoms with Crippen molar-refractivity contribution in [1.29, 1.82) is 5.26 Å². The Bertz CT molecular complexity index is 1200. The molecule has 4 rings (SSSR count). The number of urea groups is 1. The number of hydrogen-bond acceptors (Lipinski definition) is 4. The Morgan fingerprint density at radius 2 is 1.81 bits per heavy atom. The summed E-state index contributed by atoms with van der Waals surface area (Å²) < 4.78 is 5.48. The minimum Gasteiger partial charge on any atom is -0.495 e. The Morgan fingerprint density at radius 1 is 1.06 bits per heavy atom. The van der Waals surface area contributed by atoms with Gasteiger partial charge >= 0.3 is 6.03 Å². The van der Waals surface area contributed by atoms with E-state index in [-0.39, 0.29) is 12.1 Å². The number of ether oxygens (including phenoxy) is 1. The van der Waals surface area contributed by atoms with E-state index in [1.165, 1.54) is 5.56 Å². The van der Waals surface area contributed by atoms with Crippen molar-refractivity contribution in [3.05, 3.63) is 95.1 Å². The predicted molar refractivity (Wildman–Crippen MR) is 143 cm³/mol. The summed E-state index contributed by atoms with van der Waals surface area (Å²) in [4.78, 5) is 18.0. The molecule has 0 spiro atoms. The Labute approximate surface area is 214 Å². The molecule has 0 aromatic heterocycles. The number of carbonyl (C=O) groups is 1. The molecule has 0 aliphatic carbocycles. The van der Waals surface area contributed by atoms with E-state index < -0.39 is 0 Å². The largest absolute Gasteiger partial charge is 0.495 e. The van der Waals surface area contributed by atoms with Crippen molar-refractivity contribution in [3.8, 4) is 11.8 Å². The third-order valence-electron chi connectivity index (χ3n) is 6.80. The molecule has 2 amide bonds. The number of carbonyl (C=O) groups excluding carboxylic acids is 1. The molecule has 1 heterocycles. The Morgan fingerprint density at radius 3 is 2.53 bits per heavy atom. The van der Waals surface area contributed by atoms with E-state index in [1.807, 2.05) is 66.4 Å². The van der Waals surface area contributed by atoms with Crippen molar-refractivity contribution in [2.24, 2.45) is 0 Å². The fraction of sp³-hybridized carbons (Fsp3) is 0.333. The van der Waals surface area contributed by atoms with Crippen LogP contribution in [0.1, 0.15) is 35.1 Å². The van der Waals surface area contributed by atoms with Gasteiger partial charge < -0.3 is 15.0 Å². The number of anilines is 1. The quantitative estimate of drug-likeness (QED) is 0.453. The molecule has 1 N–H and O–H groups in total. The number of amides is 2. The standard InChI is InChI=1S/C30H34N4O2/c1-23-11-12-29(36-2)28(19-23)32-30(35)34(18-13-24-7-4-3-5-8-24)27-14-16-33(17-15-27)22-26-10-6-9-25(20-26)21-31/h3-12,19-20,27H,13-18,22H2,1-2H3,(H,32,35). The van der Waals surface area contributed by atoms with Crippen molar-refractivity contribution in [2.45, 2.75) is 38.8 Å². The zero-order chi connectivity index (χ0) is 25.3. The van der Waals surface area contributed by atoms with Gasteiger partial charge in [-0.2, -0.15) is 5.26 Å². The molecule has 0 radical (unpaired) electrons. The predicted octanol–water partition coefficient (Wildman–Crippen LogP) is 5.62. The van der Waals surface area contributed by atoms with Crippen molar-refractivity contribution in [3.63, 3.8) is 0 Å². The molecule has 0 atom stereocenters. The average Bonchev–Trinajstić information content (AvgIpc) is 2.90. The minimum atomic E-state index is -0.0880. The molecule has 6 heteroatoms. The third-order valence-corrected chi connectivity index (χ3v) is 6.80. The van der Waals surface area contributed by atoms with Gasteiger partial charge in [-0.1, -0.05) is 48.5 Å². The number of nitrogens with zero attached hydrogens (tertiary/aromatic N) is 3. The first-order chi connectivity index (χ1) is 17.6. The smallest absolute Gasteiger partial charge is 0.322 e. The van der Waals surface area contributed by atoms with E-state index in [9.17, 15) is 10.1 Å². The van der Waals surface area contributed by atoms with Crippen molar-refractivity contribution in [2.75, 3.05) is 32.1 Å². The van der Waals surface area contributed by atoms with Crippen molar-refractivity contribution in [1.82, 2.24) is 9.80 Å². The summed E-state index contributed by atoms with van der Waals surface area (Å²) in [5, 5.41) is 12.3. The van der Waals surface area contributed by atoms with E-state index in [1.54, 1.807) is 7.11 Å². The number of nitriles is 1. The van der Waals surface area contributed by atoms with Crippen LogP contribution in [0.5, 0.6) is 5.75 Å². The number of aryl methyl sites for hydroxylation is 1. The van der Waals surface area contributed by atoms with Crippen LogP contribution in [0.3, 0.4) is 0 Å². The summed E-state index contributed by atoms with van der Waals surface area (Å²) >= 11 is 0. The lowest BCUT2D eigenvalue weighted by Gasteiger charge is -2.38. The first-order valence-corrected chi connectivity index (χ1v) is 12.5. The number of piperidine rings is 1. The second kappa shape index (κ2) is 12.2. The van der Waals surface area contributed by atoms with Crippen LogP contribution in [-0.2, 0) is 13.0 Å². The van der Waals surface area contributed by atoms with Gasteiger partial charge in [0.2, 0.25) is 0 Å². The molecule has 36 heavy (non-hydrogen) atoms. The van der Waals surface area contributed by atoms with Gasteiger partial charge in [-0.05, 0) is 67.1 Å². The summed E-state index contributed by atoms with van der Waals surface area (Å²) in [5.41, 5.74) is 4.83. The fourth-order valence-electron chi connectivity index (χ4n) is 4.84. The summed E-state index contributed by atoms with van der Waals surface area (Å²) in [6.07, 6.45) is 2.62. The van der Waals surface area contributed by atoms with Gasteiger partial charge in [-0.3, -0.25) is 4.90 Å². The molecule has 3 aromatic carbocycles. The van der Waals surface area contributed by atoms with Crippen molar-refractivity contribution < 1.29 is 9.53 Å². The maximum atomic E-state index is 13.6. The topological polar surface area (TPSA) is 68.6 Å². The molecule has 0 bridgehead atoms. The first-order valence-electron chi connectivity index (χ1n) is 12.5. The normalized spacial score (nSPS) is 14.1. The number of methoxy groups -OCH3 is 1. The van der Waals surface area contributed by atoms with Gasteiger partial charge in [0.1, 0.15) is 5.75 Å². The Kier molecular flexibility index (Phi) is 8.59. The van der Waals surface area contributed by atoms with Gasteiger partial charge in [0.05, 0.1) is 24.4 Å². The van der Waals surface area contributed by atoms with Gasteiger partial charge in [0.15, 0.2) is 0 Å². The van der Waals surface area contributed by atoms with E-state index >= 15 is 0 Å². The molecule has 0 unspecified atom stereocenters. The lowest BCUT2D eigenvalue weighted by atomic mass is 10.0. The summed E-state index contributed by atoms with van der Waals surface area (Å²) in [5.74, 6) is 0.659. The van der Waals surface area contributed by atoms with Gasteiger partial charge in [-0.15, -0.1) is 0 Å². The Balaban J connectivity index is 1.44. The molecule has 1 fully saturated rings. The molecule has 1 saturated heterocycles. The molecular weight excluding hydrogens is 448 g/mol. The van der Waals surface area contributed by atoms with E-state index in [4.69, 9.17) is 4.74 Å². The number of hydrogen-bond donors (Lipinski definition) is 1. The molecule has 3 aromatic rings. The second-order valence-electron chi connectivity index (χ2n) is 9.38. The van der Waals surface area contributed by atoms with E-state index in [2.05, 4.69) is 34.5 Å². The highest BCUT2D eigenvalue weighted by molar-refractivity contribution is 5.91. The SMILES string of the molecule is COc1ccc(C)cc1NC(=O)N(CCc1ccccc1)C1CCN(Cc2cccc(C#N)c2)CC1. The molecular formula is C30H34N4O2. The number of rotatable bonds is 8. The third kappa shape index (κ3) is 6.65. The van der Waals surface area contributed by atoms with Crippen molar-refractivity contribution >= 4 is 11.7 Å². The molecule has 0 saturated carbocycles. The lowest BCUT2D eigenvalue weighted by Crippen LogP contribution is -2.49. The van der Waals surface area contributed by atoms with Crippen LogP contribution in [-0.4, -0.2) is 48.6 Å². The summed E-state index contributed by atoms with van der Waals surface area (Å²) in [7, 11) is 1.62. The Hall–Kier alpha value is -3.82. The van der Waals surface area contributed by atoms with Crippen LogP contribution in [0.4, 0.5) is 10.5 Å². The lowest BCUT2D eigenvalue weighted by molar-refractivity contribution is 0.124. The van der Waals surface area contributed by atoms with Crippen LogP contribution in [0, 0.1) is 18.3 Å². The maximum Gasteiger partial charge on any atom is 0.322 e. The number of benzene rings is 3. The van der Waals surface area contributed by atoms with Gasteiger partial charge in [-0.25, -0.2) is 4.79 Å². The molecule has 186 valence electrons. The van der Waals surface area contributed by atoms with Crippen LogP contribution < -0.4 is 10.1 Å². The summed E-state index contributed by atoms with van der Waals surface area (Å²) in [6, 6.07) is 26.2. The molecule has 1 aliphatic heterocycles. The highest BCUT2D eigenvalue weighted by atomic mass is 16.5. The number of likely N-dealkylation sites (tertiary alicyclic amines) is 1. The van der Waals surface area contributed by atoms with Gasteiger partial charge in [0.25, 0.3) is 0 Å². The first kappa shape index (κ1) is 25.3. The van der Waals surface area contributed by atoms with Crippen LogP contribution in [0.2, 0.25) is 0 Å². The highest BCUT2D eigenvalue weighted by Crippen LogP contribution is 2.27. The molecule has 6 nitrogen and oxygen atoms in total. The van der Waals surface area contributed by atoms with Crippen LogP contribution >= 0.6 is 0 Å². The van der Waals surface area contributed by atoms with Crippen LogP contribution in [0.15, 0.2) is 72.8 Å².